The molecule has 8 nitrogen and oxygen atoms in total. The Morgan fingerprint density at radius 2 is 1.70 bits per heavy atom. The number of hydrogen-bond acceptors (Lipinski definition) is 6. The van der Waals surface area contributed by atoms with E-state index in [0.29, 0.717) is 5.92 Å². The van der Waals surface area contributed by atoms with E-state index in [0.717, 1.165) is 38.5 Å². The molecule has 2 aliphatic heterocycles. The topological polar surface area (TPSA) is 118 Å². The first-order valence-corrected chi connectivity index (χ1v) is 8.25. The summed E-state index contributed by atoms with van der Waals surface area (Å²) >= 11 is 0. The molecule has 3 rings (SSSR count). The lowest BCUT2D eigenvalue weighted by Crippen LogP contribution is -2.63. The van der Waals surface area contributed by atoms with Gasteiger partial charge in [-0.1, -0.05) is 0 Å². The fourth-order valence-corrected chi connectivity index (χ4v) is 2.41. The molecule has 2 aliphatic rings. The summed E-state index contributed by atoms with van der Waals surface area (Å²) in [6.45, 7) is 3.53. The molecular weight excluding hydrogens is 430 g/mol. The molecule has 0 aromatic carbocycles. The van der Waals surface area contributed by atoms with Gasteiger partial charge in [-0.15, -0.1) is 0 Å². The quantitative estimate of drug-likeness (QED) is 0.602. The normalized spacial score (nSPS) is 19.5. The Balaban J connectivity index is 0.000000271. The van der Waals surface area contributed by atoms with Gasteiger partial charge < -0.3 is 25.0 Å². The minimum Gasteiger partial charge on any atom is -0.492 e. The van der Waals surface area contributed by atoms with Gasteiger partial charge >= 0.3 is 24.3 Å². The van der Waals surface area contributed by atoms with Crippen LogP contribution >= 0.6 is 0 Å². The summed E-state index contributed by atoms with van der Waals surface area (Å²) < 4.78 is 75.0. The molecule has 2 saturated heterocycles. The van der Waals surface area contributed by atoms with Gasteiger partial charge in [0, 0.05) is 31.8 Å². The van der Waals surface area contributed by atoms with Gasteiger partial charge in [0.1, 0.15) is 5.75 Å². The summed E-state index contributed by atoms with van der Waals surface area (Å²) in [5.41, 5.74) is 0.0577. The highest BCUT2D eigenvalue weighted by Crippen LogP contribution is 2.35. The number of hydrogen-bond donors (Lipinski definition) is 3. The number of carbonyl (C=O) groups is 2. The third-order valence-electron chi connectivity index (χ3n) is 4.02. The summed E-state index contributed by atoms with van der Waals surface area (Å²) in [6, 6.07) is 3.83. The smallest absolute Gasteiger partial charge is 0.490 e. The molecule has 30 heavy (non-hydrogen) atoms. The largest absolute Gasteiger partial charge is 0.492 e. The van der Waals surface area contributed by atoms with Crippen LogP contribution < -0.4 is 10.1 Å². The second-order valence-corrected chi connectivity index (χ2v) is 6.11. The molecule has 1 aromatic rings. The monoisotopic (exact) mass is 448 g/mol. The van der Waals surface area contributed by atoms with E-state index in [2.05, 4.69) is 10.3 Å². The molecular formula is C16H18F6N2O6. The molecule has 1 atom stereocenters. The number of halogens is 6. The first-order valence-electron chi connectivity index (χ1n) is 8.25. The third-order valence-corrected chi connectivity index (χ3v) is 4.02. The van der Waals surface area contributed by atoms with E-state index in [4.69, 9.17) is 29.3 Å². The van der Waals surface area contributed by atoms with Crippen molar-refractivity contribution in [3.8, 4) is 5.75 Å². The molecule has 3 N–H and O–H groups in total. The van der Waals surface area contributed by atoms with Crippen LogP contribution in [0.2, 0.25) is 0 Å². The van der Waals surface area contributed by atoms with Crippen LogP contribution in [0, 0.1) is 5.92 Å². The molecule has 0 radical (unpaired) electrons. The van der Waals surface area contributed by atoms with Crippen molar-refractivity contribution >= 4 is 11.9 Å². The minimum atomic E-state index is -5.08. The minimum absolute atomic E-state index is 0.0577. The number of carboxylic acids is 2. The van der Waals surface area contributed by atoms with Crippen molar-refractivity contribution in [1.29, 1.82) is 0 Å². The fraction of sp³-hybridized carbons (Fsp3) is 0.562. The molecule has 14 heteroatoms. The number of nitrogens with one attached hydrogen (secondary N) is 1. The lowest BCUT2D eigenvalue weighted by molar-refractivity contribution is -0.193. The van der Waals surface area contributed by atoms with E-state index < -0.39 is 24.3 Å². The van der Waals surface area contributed by atoms with Crippen LogP contribution in [-0.4, -0.2) is 71.4 Å². The van der Waals surface area contributed by atoms with Gasteiger partial charge in [0.2, 0.25) is 0 Å². The zero-order valence-electron chi connectivity index (χ0n) is 15.2. The Bertz CT molecular complexity index is 670. The zero-order chi connectivity index (χ0) is 23.0. The number of alkyl halides is 6. The van der Waals surface area contributed by atoms with Gasteiger partial charge in [0.25, 0.3) is 0 Å². The maximum Gasteiger partial charge on any atom is 0.490 e. The van der Waals surface area contributed by atoms with Crippen molar-refractivity contribution in [3.05, 3.63) is 24.5 Å². The number of ether oxygens (including phenoxy) is 2. The van der Waals surface area contributed by atoms with E-state index >= 15 is 0 Å². The van der Waals surface area contributed by atoms with E-state index in [-0.39, 0.29) is 5.60 Å². The lowest BCUT2D eigenvalue weighted by Gasteiger charge is -2.42. The van der Waals surface area contributed by atoms with Crippen LogP contribution in [0.1, 0.15) is 6.42 Å². The maximum absolute atomic E-state index is 10.6. The van der Waals surface area contributed by atoms with Crippen molar-refractivity contribution in [2.24, 2.45) is 5.92 Å². The van der Waals surface area contributed by atoms with Gasteiger partial charge in [0.15, 0.2) is 0 Å². The number of nitrogens with zero attached hydrogens (tertiary/aromatic N) is 1. The highest BCUT2D eigenvalue weighted by atomic mass is 19.4. The highest BCUT2D eigenvalue weighted by molar-refractivity contribution is 5.73. The Morgan fingerprint density at radius 1 is 1.17 bits per heavy atom. The van der Waals surface area contributed by atoms with Crippen LogP contribution in [0.15, 0.2) is 24.5 Å². The van der Waals surface area contributed by atoms with E-state index in [9.17, 15) is 26.3 Å². The molecule has 3 heterocycles. The Morgan fingerprint density at radius 3 is 2.07 bits per heavy atom. The molecule has 0 amide bonds. The molecule has 1 unspecified atom stereocenters. The first kappa shape index (κ1) is 25.4. The van der Waals surface area contributed by atoms with Crippen LogP contribution in [0.4, 0.5) is 26.3 Å². The SMILES string of the molecule is O=C(O)C(F)(F)F.O=C(O)C(F)(F)F.c1cncc(OCC2CCOC23CNC3)c1. The van der Waals surface area contributed by atoms with E-state index in [1.165, 1.54) is 0 Å². The standard InChI is InChI=1S/C12H16N2O2.2C2HF3O2/c1-2-11(6-13-4-1)15-7-10-3-5-16-12(10)8-14-9-12;2*3-2(4,5)1(6)7/h1-2,4,6,10,14H,3,5,7-9H2;2*(H,6,7). The number of carboxylic acid groups (broad SMARTS) is 2. The Labute approximate surface area is 165 Å². The van der Waals surface area contributed by atoms with E-state index in [1.54, 1.807) is 12.4 Å². The van der Waals surface area contributed by atoms with Crippen molar-refractivity contribution in [2.75, 3.05) is 26.3 Å². The number of aromatic nitrogens is 1. The molecule has 0 saturated carbocycles. The summed E-state index contributed by atoms with van der Waals surface area (Å²) in [4.78, 5) is 21.8. The summed E-state index contributed by atoms with van der Waals surface area (Å²) in [7, 11) is 0. The van der Waals surface area contributed by atoms with Crippen molar-refractivity contribution in [2.45, 2.75) is 24.4 Å². The third kappa shape index (κ3) is 8.02. The maximum atomic E-state index is 10.6. The van der Waals surface area contributed by atoms with Gasteiger partial charge in [-0.2, -0.15) is 26.3 Å². The molecule has 170 valence electrons. The van der Waals surface area contributed by atoms with Gasteiger partial charge in [-0.25, -0.2) is 9.59 Å². The van der Waals surface area contributed by atoms with Crippen molar-refractivity contribution in [1.82, 2.24) is 10.3 Å². The van der Waals surface area contributed by atoms with Crippen LogP contribution in [0.25, 0.3) is 0 Å². The fourth-order valence-electron chi connectivity index (χ4n) is 2.41. The zero-order valence-corrected chi connectivity index (χ0v) is 15.2. The first-order chi connectivity index (χ1) is 13.8. The molecule has 2 fully saturated rings. The molecule has 1 aromatic heterocycles. The van der Waals surface area contributed by atoms with Gasteiger partial charge in [0.05, 0.1) is 18.4 Å². The summed E-state index contributed by atoms with van der Waals surface area (Å²) in [5.74, 6) is -4.16. The van der Waals surface area contributed by atoms with Crippen molar-refractivity contribution in [3.63, 3.8) is 0 Å². The number of pyridine rings is 1. The highest BCUT2D eigenvalue weighted by Gasteiger charge is 2.49. The van der Waals surface area contributed by atoms with E-state index in [1.807, 2.05) is 12.1 Å². The van der Waals surface area contributed by atoms with Crippen LogP contribution in [0.3, 0.4) is 0 Å². The average molecular weight is 448 g/mol. The Hall–Kier alpha value is -2.61. The summed E-state index contributed by atoms with van der Waals surface area (Å²) in [5, 5.41) is 17.5. The average Bonchev–Trinajstić information content (AvgIpc) is 3.04. The van der Waals surface area contributed by atoms with Crippen LogP contribution in [-0.2, 0) is 14.3 Å². The van der Waals surface area contributed by atoms with Crippen LogP contribution in [0.5, 0.6) is 5.75 Å². The summed E-state index contributed by atoms with van der Waals surface area (Å²) in [6.07, 6.45) is -5.56. The van der Waals surface area contributed by atoms with Gasteiger partial charge in [-0.3, -0.25) is 4.98 Å². The molecule has 1 spiro atoms. The molecule has 0 bridgehead atoms. The predicted molar refractivity (Wildman–Crippen MR) is 86.8 cm³/mol. The second kappa shape index (κ2) is 10.4. The number of aliphatic carboxylic acids is 2. The lowest BCUT2D eigenvalue weighted by atomic mass is 9.83. The van der Waals surface area contributed by atoms with Crippen molar-refractivity contribution < 1.29 is 55.6 Å². The number of rotatable bonds is 3. The predicted octanol–water partition coefficient (Wildman–Crippen LogP) is 2.11. The second-order valence-electron chi connectivity index (χ2n) is 6.11. The Kier molecular flexibility index (Phi) is 8.84. The molecule has 0 aliphatic carbocycles. The van der Waals surface area contributed by atoms with Gasteiger partial charge in [-0.05, 0) is 18.6 Å².